The van der Waals surface area contributed by atoms with Crippen LogP contribution in [0.5, 0.6) is 0 Å². The number of rotatable bonds is 4. The van der Waals surface area contributed by atoms with Crippen LogP contribution in [0.15, 0.2) is 73.1 Å². The minimum Gasteiger partial charge on any atom is -0.233 e. The Bertz CT molecular complexity index is 722. The third-order valence-electron chi connectivity index (χ3n) is 3.43. The van der Waals surface area contributed by atoms with Gasteiger partial charge in [0.1, 0.15) is 0 Å². The van der Waals surface area contributed by atoms with Crippen LogP contribution in [0.4, 0.5) is 13.2 Å². The summed E-state index contributed by atoms with van der Waals surface area (Å²) in [7, 11) is 0. The van der Waals surface area contributed by atoms with Crippen LogP contribution in [0, 0.1) is 0 Å². The lowest BCUT2D eigenvalue weighted by Gasteiger charge is -2.21. The van der Waals surface area contributed by atoms with Gasteiger partial charge in [0.05, 0.1) is 0 Å². The average molecular weight is 302 g/mol. The Morgan fingerprint density at radius 3 is 2.09 bits per heavy atom. The van der Waals surface area contributed by atoms with E-state index < -0.39 is 12.2 Å². The standard InChI is InChI=1S/C17H13F3N2/c18-16(22-12-4-11-21-22)17(19,20)15-9-7-14(8-10-15)13-5-2-1-3-6-13/h1-12,16H. The van der Waals surface area contributed by atoms with Gasteiger partial charge in [-0.15, -0.1) is 0 Å². The molecule has 2 nitrogen and oxygen atoms in total. The molecule has 1 heterocycles. The molecule has 3 aromatic rings. The zero-order chi connectivity index (χ0) is 15.6. The van der Waals surface area contributed by atoms with Gasteiger partial charge in [-0.1, -0.05) is 54.6 Å². The van der Waals surface area contributed by atoms with Gasteiger partial charge in [-0.2, -0.15) is 13.9 Å². The molecule has 1 unspecified atom stereocenters. The topological polar surface area (TPSA) is 17.8 Å². The van der Waals surface area contributed by atoms with E-state index in [0.717, 1.165) is 11.1 Å². The number of nitrogens with zero attached hydrogens (tertiary/aromatic N) is 2. The number of aromatic nitrogens is 2. The Morgan fingerprint density at radius 2 is 1.50 bits per heavy atom. The van der Waals surface area contributed by atoms with Crippen LogP contribution in [0.25, 0.3) is 11.1 Å². The number of hydrogen-bond acceptors (Lipinski definition) is 1. The van der Waals surface area contributed by atoms with Crippen LogP contribution in [0.3, 0.4) is 0 Å². The molecule has 0 radical (unpaired) electrons. The Labute approximate surface area is 125 Å². The number of hydrogen-bond donors (Lipinski definition) is 0. The Hall–Kier alpha value is -2.56. The van der Waals surface area contributed by atoms with Gasteiger partial charge >= 0.3 is 5.92 Å². The molecule has 0 bridgehead atoms. The molecule has 2 aromatic carbocycles. The maximum Gasteiger partial charge on any atom is 0.323 e. The average Bonchev–Trinajstić information content (AvgIpc) is 3.09. The molecule has 22 heavy (non-hydrogen) atoms. The van der Waals surface area contributed by atoms with Gasteiger partial charge in [-0.3, -0.25) is 0 Å². The van der Waals surface area contributed by atoms with Crippen molar-refractivity contribution >= 4 is 0 Å². The van der Waals surface area contributed by atoms with Crippen LogP contribution >= 0.6 is 0 Å². The molecule has 112 valence electrons. The molecule has 0 spiro atoms. The molecule has 0 fully saturated rings. The van der Waals surface area contributed by atoms with Crippen molar-refractivity contribution in [3.05, 3.63) is 78.6 Å². The van der Waals surface area contributed by atoms with Gasteiger partial charge in [0, 0.05) is 18.0 Å². The summed E-state index contributed by atoms with van der Waals surface area (Å²) in [5, 5.41) is 3.53. The summed E-state index contributed by atoms with van der Waals surface area (Å²) in [6.07, 6.45) is -0.0944. The van der Waals surface area contributed by atoms with E-state index >= 15 is 0 Å². The lowest BCUT2D eigenvalue weighted by Crippen LogP contribution is -2.25. The molecule has 0 aliphatic rings. The fraction of sp³-hybridized carbons (Fsp3) is 0.118. The van der Waals surface area contributed by atoms with E-state index in [1.807, 2.05) is 30.3 Å². The first-order valence-electron chi connectivity index (χ1n) is 6.76. The minimum atomic E-state index is -3.65. The van der Waals surface area contributed by atoms with Crippen molar-refractivity contribution in [2.75, 3.05) is 0 Å². The van der Waals surface area contributed by atoms with Crippen molar-refractivity contribution in [1.82, 2.24) is 9.78 Å². The predicted octanol–water partition coefficient (Wildman–Crippen LogP) is 4.81. The Kier molecular flexibility index (Phi) is 3.71. The zero-order valence-corrected chi connectivity index (χ0v) is 11.5. The number of halogens is 3. The van der Waals surface area contributed by atoms with Crippen LogP contribution in [0.2, 0.25) is 0 Å². The molecule has 3 rings (SSSR count). The molecule has 1 atom stereocenters. The fourth-order valence-electron chi connectivity index (χ4n) is 2.23. The van der Waals surface area contributed by atoms with E-state index in [9.17, 15) is 13.2 Å². The SMILES string of the molecule is FC(n1cccn1)C(F)(F)c1ccc(-c2ccccc2)cc1. The first kappa shape index (κ1) is 14.4. The van der Waals surface area contributed by atoms with Gasteiger partial charge in [0.25, 0.3) is 6.30 Å². The van der Waals surface area contributed by atoms with Crippen molar-refractivity contribution in [2.24, 2.45) is 0 Å². The maximum atomic E-state index is 14.2. The minimum absolute atomic E-state index is 0.379. The highest BCUT2D eigenvalue weighted by molar-refractivity contribution is 5.63. The first-order chi connectivity index (χ1) is 10.6. The molecule has 1 aromatic heterocycles. The van der Waals surface area contributed by atoms with Crippen molar-refractivity contribution in [1.29, 1.82) is 0 Å². The molecule has 0 saturated carbocycles. The normalized spacial score (nSPS) is 13.0. The summed E-state index contributed by atoms with van der Waals surface area (Å²) in [5.74, 6) is -3.65. The highest BCUT2D eigenvalue weighted by Gasteiger charge is 2.43. The highest BCUT2D eigenvalue weighted by Crippen LogP contribution is 2.40. The summed E-state index contributed by atoms with van der Waals surface area (Å²) in [6, 6.07) is 16.4. The summed E-state index contributed by atoms with van der Waals surface area (Å²) in [5.41, 5.74) is 1.34. The van der Waals surface area contributed by atoms with Crippen LogP contribution in [-0.2, 0) is 5.92 Å². The lowest BCUT2D eigenvalue weighted by atomic mass is 10.0. The van der Waals surface area contributed by atoms with Gasteiger partial charge in [0.15, 0.2) is 0 Å². The molecule has 5 heteroatoms. The lowest BCUT2D eigenvalue weighted by molar-refractivity contribution is -0.117. The molecule has 0 aliphatic heterocycles. The smallest absolute Gasteiger partial charge is 0.233 e. The molecule has 0 saturated heterocycles. The van der Waals surface area contributed by atoms with Crippen molar-refractivity contribution < 1.29 is 13.2 Å². The van der Waals surface area contributed by atoms with Crippen molar-refractivity contribution in [2.45, 2.75) is 12.2 Å². The first-order valence-corrected chi connectivity index (χ1v) is 6.76. The largest absolute Gasteiger partial charge is 0.323 e. The van der Waals surface area contributed by atoms with Gasteiger partial charge in [-0.25, -0.2) is 9.07 Å². The summed E-state index contributed by atoms with van der Waals surface area (Å²) < 4.78 is 43.0. The van der Waals surface area contributed by atoms with E-state index in [1.54, 1.807) is 12.1 Å². The van der Waals surface area contributed by atoms with Crippen LogP contribution < -0.4 is 0 Å². The summed E-state index contributed by atoms with van der Waals surface area (Å²) >= 11 is 0. The van der Waals surface area contributed by atoms with E-state index in [-0.39, 0.29) is 5.56 Å². The van der Waals surface area contributed by atoms with E-state index in [2.05, 4.69) is 5.10 Å². The Morgan fingerprint density at radius 1 is 0.864 bits per heavy atom. The zero-order valence-electron chi connectivity index (χ0n) is 11.5. The second-order valence-corrected chi connectivity index (χ2v) is 4.89. The van der Waals surface area contributed by atoms with E-state index in [4.69, 9.17) is 0 Å². The van der Waals surface area contributed by atoms with Crippen molar-refractivity contribution in [3.63, 3.8) is 0 Å². The van der Waals surface area contributed by atoms with E-state index in [1.165, 1.54) is 30.6 Å². The molecular formula is C17H13F3N2. The van der Waals surface area contributed by atoms with Gasteiger partial charge in [-0.05, 0) is 17.2 Å². The van der Waals surface area contributed by atoms with Crippen LogP contribution in [0.1, 0.15) is 11.9 Å². The Balaban J connectivity index is 1.89. The third kappa shape index (κ3) is 2.62. The van der Waals surface area contributed by atoms with Gasteiger partial charge in [0.2, 0.25) is 0 Å². The second-order valence-electron chi connectivity index (χ2n) is 4.89. The molecular weight excluding hydrogens is 289 g/mol. The van der Waals surface area contributed by atoms with E-state index in [0.29, 0.717) is 4.68 Å². The molecule has 0 N–H and O–H groups in total. The van der Waals surface area contributed by atoms with Crippen LogP contribution in [-0.4, -0.2) is 9.78 Å². The summed E-state index contributed by atoms with van der Waals surface area (Å²) in [4.78, 5) is 0. The number of alkyl halides is 3. The van der Waals surface area contributed by atoms with Crippen molar-refractivity contribution in [3.8, 4) is 11.1 Å². The molecule has 0 aliphatic carbocycles. The highest BCUT2D eigenvalue weighted by atomic mass is 19.3. The maximum absolute atomic E-state index is 14.2. The summed E-state index contributed by atoms with van der Waals surface area (Å²) in [6.45, 7) is 0. The third-order valence-corrected chi connectivity index (χ3v) is 3.43. The quantitative estimate of drug-likeness (QED) is 0.676. The fourth-order valence-corrected chi connectivity index (χ4v) is 2.23. The molecule has 0 amide bonds. The number of benzene rings is 2. The monoisotopic (exact) mass is 302 g/mol. The predicted molar refractivity (Wildman–Crippen MR) is 78.1 cm³/mol. The second kappa shape index (κ2) is 5.67. The van der Waals surface area contributed by atoms with Gasteiger partial charge < -0.3 is 0 Å².